The van der Waals surface area contributed by atoms with E-state index in [-0.39, 0.29) is 5.60 Å². The first-order valence-electron chi connectivity index (χ1n) is 2.60. The maximum atomic E-state index is 5.31. The lowest BCUT2D eigenvalue weighted by Gasteiger charge is -2.15. The van der Waals surface area contributed by atoms with Gasteiger partial charge in [-0.3, -0.25) is 0 Å². The van der Waals surface area contributed by atoms with Crippen LogP contribution >= 0.6 is 28.5 Å². The van der Waals surface area contributed by atoms with Crippen LogP contribution in [-0.2, 0) is 4.52 Å². The van der Waals surface area contributed by atoms with Crippen molar-refractivity contribution in [1.82, 2.24) is 0 Å². The zero-order valence-corrected chi connectivity index (χ0v) is 8.94. The molecule has 0 rings (SSSR count). The lowest BCUT2D eigenvalue weighted by atomic mass is 10.1. The fraction of sp³-hybridized carbons (Fsp3) is 0.600. The van der Waals surface area contributed by atoms with Crippen molar-refractivity contribution in [3.63, 3.8) is 0 Å². The van der Waals surface area contributed by atoms with Crippen molar-refractivity contribution < 1.29 is 4.52 Å². The predicted octanol–water partition coefficient (Wildman–Crippen LogP) is 1.32. The first-order chi connectivity index (χ1) is 4.12. The zero-order chi connectivity index (χ0) is 7.33. The largest absolute Gasteiger partial charge is 0.333 e. The quantitative estimate of drug-likeness (QED) is 0.312. The van der Waals surface area contributed by atoms with E-state index in [1.165, 1.54) is 0 Å². The molecule has 1 atom stereocenters. The topological polar surface area (TPSA) is 9.23 Å². The Balaban J connectivity index is 3.80. The second-order valence-corrected chi connectivity index (χ2v) is 3.74. The molecule has 0 aliphatic rings. The molecule has 4 heteroatoms. The van der Waals surface area contributed by atoms with Crippen molar-refractivity contribution >= 4 is 36.3 Å². The van der Waals surface area contributed by atoms with E-state index >= 15 is 0 Å². The van der Waals surface area contributed by atoms with Crippen molar-refractivity contribution in [2.24, 2.45) is 0 Å². The molecule has 0 aliphatic carbocycles. The van der Waals surface area contributed by atoms with E-state index in [4.69, 9.17) is 4.52 Å². The molecule has 0 bridgehead atoms. The lowest BCUT2D eigenvalue weighted by molar-refractivity contribution is 0.208. The number of hydrogen-bond acceptors (Lipinski definition) is 1. The zero-order valence-electron chi connectivity index (χ0n) is 5.79. The third kappa shape index (κ3) is 5.20. The minimum atomic E-state index is -0.256. The minimum absolute atomic E-state index is 0.256. The van der Waals surface area contributed by atoms with Crippen LogP contribution in [0.3, 0.4) is 0 Å². The molecule has 1 nitrogen and oxygen atoms in total. The molecule has 50 valence electrons. The fourth-order valence-electron chi connectivity index (χ4n) is 0.423. The average Bonchev–Trinajstić information content (AvgIpc) is 1.64. The third-order valence-electron chi connectivity index (χ3n) is 0.720. The average molecular weight is 254 g/mol. The van der Waals surface area contributed by atoms with Crippen LogP contribution in [0.15, 0.2) is 0 Å². The fourth-order valence-corrected chi connectivity index (χ4v) is 2.32. The summed E-state index contributed by atoms with van der Waals surface area (Å²) in [5, 5.41) is 0. The molecule has 0 heterocycles. The van der Waals surface area contributed by atoms with Gasteiger partial charge in [-0.1, -0.05) is 5.92 Å². The van der Waals surface area contributed by atoms with Gasteiger partial charge >= 0.3 is 0 Å². The highest BCUT2D eigenvalue weighted by Gasteiger charge is 2.12. The van der Waals surface area contributed by atoms with Crippen LogP contribution < -0.4 is 0 Å². The molecular formula is C5H9BIOP. The molecule has 9 heavy (non-hydrogen) atoms. The van der Waals surface area contributed by atoms with Gasteiger partial charge in [-0.05, 0) is 35.9 Å². The Labute approximate surface area is 72.1 Å². The van der Waals surface area contributed by atoms with Crippen LogP contribution in [0.1, 0.15) is 13.8 Å². The molecule has 0 aromatic carbocycles. The first-order valence-corrected chi connectivity index (χ1v) is 6.62. The summed E-state index contributed by atoms with van der Waals surface area (Å²) in [6, 6.07) is 0. The predicted molar refractivity (Wildman–Crippen MR) is 53.8 cm³/mol. The Morgan fingerprint density at radius 3 is 2.56 bits per heavy atom. The highest BCUT2D eigenvalue weighted by atomic mass is 127. The number of rotatable bonds is 2. The molecule has 0 saturated heterocycles. The molecule has 0 aromatic rings. The molecule has 0 fully saturated rings. The summed E-state index contributed by atoms with van der Waals surface area (Å²) in [4.78, 5) is 0. The van der Waals surface area contributed by atoms with Crippen molar-refractivity contribution in [3.05, 3.63) is 0 Å². The summed E-state index contributed by atoms with van der Waals surface area (Å²) in [7, 11) is 1.82. The SMILES string of the molecule is BC#CC(C)(C)OPI. The molecule has 1 unspecified atom stereocenters. The Morgan fingerprint density at radius 1 is 1.67 bits per heavy atom. The van der Waals surface area contributed by atoms with E-state index in [2.05, 4.69) is 33.8 Å². The van der Waals surface area contributed by atoms with E-state index in [0.717, 1.165) is 0 Å². The second-order valence-electron chi connectivity index (χ2n) is 2.06. The van der Waals surface area contributed by atoms with Gasteiger partial charge in [0.2, 0.25) is 0 Å². The summed E-state index contributed by atoms with van der Waals surface area (Å²) >= 11 is 2.19. The van der Waals surface area contributed by atoms with Crippen LogP contribution in [-0.4, -0.2) is 13.4 Å². The Morgan fingerprint density at radius 2 is 2.22 bits per heavy atom. The molecule has 0 saturated carbocycles. The van der Waals surface area contributed by atoms with Crippen LogP contribution in [0, 0.1) is 11.7 Å². The van der Waals surface area contributed by atoms with Crippen LogP contribution in [0.25, 0.3) is 0 Å². The Bertz CT molecular complexity index is 138. The van der Waals surface area contributed by atoms with Crippen LogP contribution in [0.5, 0.6) is 0 Å². The summed E-state index contributed by atoms with van der Waals surface area (Å²) in [5.74, 6) is 5.77. The molecule has 0 aliphatic heterocycles. The summed E-state index contributed by atoms with van der Waals surface area (Å²) in [5.41, 5.74) is -0.256. The Kier molecular flexibility index (Phi) is 4.92. The molecule has 0 aromatic heterocycles. The van der Waals surface area contributed by atoms with Gasteiger partial charge < -0.3 is 4.52 Å². The lowest BCUT2D eigenvalue weighted by Crippen LogP contribution is -2.16. The summed E-state index contributed by atoms with van der Waals surface area (Å²) in [6.07, 6.45) is 0. The second kappa shape index (κ2) is 4.54. The van der Waals surface area contributed by atoms with Gasteiger partial charge in [0.15, 0.2) is 7.85 Å². The van der Waals surface area contributed by atoms with Crippen LogP contribution in [0.2, 0.25) is 0 Å². The van der Waals surface area contributed by atoms with Crippen molar-refractivity contribution in [2.75, 3.05) is 0 Å². The normalized spacial score (nSPS) is 11.4. The van der Waals surface area contributed by atoms with Gasteiger partial charge in [0.1, 0.15) is 5.60 Å². The van der Waals surface area contributed by atoms with Gasteiger partial charge in [-0.15, -0.1) is 0 Å². The van der Waals surface area contributed by atoms with E-state index in [0.29, 0.717) is 6.45 Å². The first kappa shape index (κ1) is 9.74. The van der Waals surface area contributed by atoms with E-state index in [1.54, 1.807) is 0 Å². The standard InChI is InChI=1S/C5H9BIOP/c1-5(2,3-4-6)8-9-7/h9H,6H2,1-2H3. The molecule has 0 amide bonds. The minimum Gasteiger partial charge on any atom is -0.333 e. The van der Waals surface area contributed by atoms with Crippen molar-refractivity contribution in [1.29, 1.82) is 0 Å². The summed E-state index contributed by atoms with van der Waals surface area (Å²) < 4.78 is 5.31. The van der Waals surface area contributed by atoms with Crippen molar-refractivity contribution in [3.8, 4) is 11.7 Å². The number of halogens is 1. The molecular weight excluding hydrogens is 245 g/mol. The summed E-state index contributed by atoms with van der Waals surface area (Å²) in [6.45, 7) is 4.42. The van der Waals surface area contributed by atoms with Gasteiger partial charge in [-0.25, -0.2) is 0 Å². The van der Waals surface area contributed by atoms with Gasteiger partial charge in [0, 0.05) is 0 Å². The van der Waals surface area contributed by atoms with Gasteiger partial charge in [-0.2, -0.15) is 5.82 Å². The monoisotopic (exact) mass is 254 g/mol. The van der Waals surface area contributed by atoms with Crippen molar-refractivity contribution in [2.45, 2.75) is 19.4 Å². The highest BCUT2D eigenvalue weighted by Crippen LogP contribution is 2.28. The Hall–Kier alpha value is 0.745. The van der Waals surface area contributed by atoms with Crippen LogP contribution in [0.4, 0.5) is 0 Å². The highest BCUT2D eigenvalue weighted by molar-refractivity contribution is 14.2. The molecule has 0 spiro atoms. The molecule has 0 N–H and O–H groups in total. The molecule has 0 radical (unpaired) electrons. The third-order valence-corrected chi connectivity index (χ3v) is 1.97. The maximum Gasteiger partial charge on any atom is 0.195 e. The number of hydrogen-bond donors (Lipinski definition) is 0. The van der Waals surface area contributed by atoms with Gasteiger partial charge in [0.05, 0.1) is 6.45 Å². The van der Waals surface area contributed by atoms with E-state index in [1.807, 2.05) is 21.7 Å². The van der Waals surface area contributed by atoms with E-state index < -0.39 is 0 Å². The maximum absolute atomic E-state index is 5.31. The smallest absolute Gasteiger partial charge is 0.195 e. The van der Waals surface area contributed by atoms with E-state index in [9.17, 15) is 0 Å². The van der Waals surface area contributed by atoms with Gasteiger partial charge in [0.25, 0.3) is 0 Å².